The third-order valence-electron chi connectivity index (χ3n) is 4.58. The first kappa shape index (κ1) is 21.3. The molecule has 0 saturated heterocycles. The van der Waals surface area contributed by atoms with Gasteiger partial charge in [-0.25, -0.2) is 0 Å². The number of aromatic nitrogens is 3. The maximum atomic E-state index is 13.2. The molecule has 0 bridgehead atoms. The molecule has 0 N–H and O–H groups in total. The number of fused-ring (bicyclic) bond motifs is 1. The van der Waals surface area contributed by atoms with Crippen molar-refractivity contribution in [2.45, 2.75) is 26.1 Å². The maximum absolute atomic E-state index is 13.2. The molecule has 0 fully saturated rings. The van der Waals surface area contributed by atoms with Crippen LogP contribution in [0, 0.1) is 6.92 Å². The van der Waals surface area contributed by atoms with Crippen LogP contribution in [0.25, 0.3) is 11.3 Å². The van der Waals surface area contributed by atoms with Gasteiger partial charge < -0.3 is 9.42 Å². The number of amides is 1. The fraction of sp³-hybridized carbons (Fsp3) is 0.278. The van der Waals surface area contributed by atoms with Gasteiger partial charge in [0, 0.05) is 18.3 Å². The van der Waals surface area contributed by atoms with Crippen molar-refractivity contribution < 1.29 is 22.5 Å². The van der Waals surface area contributed by atoms with E-state index in [1.807, 2.05) is 6.92 Å². The van der Waals surface area contributed by atoms with Gasteiger partial charge in [0.2, 0.25) is 0 Å². The molecular formula is C18H16ClF3N4O2S. The Bertz CT molecular complexity index is 1080. The minimum Gasteiger partial charge on any atom is -0.361 e. The number of carbonyl (C=O) groups excluding carboxylic acids is 1. The van der Waals surface area contributed by atoms with Crippen molar-refractivity contribution in [1.82, 2.24) is 14.9 Å². The lowest BCUT2D eigenvalue weighted by Crippen LogP contribution is -2.42. The van der Waals surface area contributed by atoms with Crippen molar-refractivity contribution in [2.75, 3.05) is 11.4 Å². The Kier molecular flexibility index (Phi) is 5.44. The van der Waals surface area contributed by atoms with Crippen LogP contribution in [0.4, 0.5) is 18.9 Å². The summed E-state index contributed by atoms with van der Waals surface area (Å²) in [7, 11) is 0. The van der Waals surface area contributed by atoms with Crippen molar-refractivity contribution >= 4 is 36.7 Å². The van der Waals surface area contributed by atoms with Gasteiger partial charge in [-0.05, 0) is 32.0 Å². The van der Waals surface area contributed by atoms with Gasteiger partial charge in [-0.3, -0.25) is 9.48 Å². The molecule has 1 atom stereocenters. The number of carbonyl (C=O) groups is 1. The predicted octanol–water partition coefficient (Wildman–Crippen LogP) is 4.85. The Labute approximate surface area is 175 Å². The molecule has 2 aromatic heterocycles. The topological polar surface area (TPSA) is 64.2 Å². The number of hydrogen-bond donors (Lipinski definition) is 0. The Balaban J connectivity index is 0.00000240. The SMILES string of the molecule is Cc1cc(-c2cnn3c2C(=O)N(c2ccc(C(F)(F)F)c(Cl)c2)C[C@@H]3C)no1.S. The first-order chi connectivity index (χ1) is 13.2. The van der Waals surface area contributed by atoms with E-state index in [0.29, 0.717) is 22.7 Å². The second kappa shape index (κ2) is 7.42. The van der Waals surface area contributed by atoms with Crippen molar-refractivity contribution in [3.63, 3.8) is 0 Å². The largest absolute Gasteiger partial charge is 0.417 e. The number of aryl methyl sites for hydroxylation is 1. The minimum absolute atomic E-state index is 0. The number of benzene rings is 1. The molecule has 154 valence electrons. The van der Waals surface area contributed by atoms with Gasteiger partial charge in [0.1, 0.15) is 17.1 Å². The molecule has 6 nitrogen and oxygen atoms in total. The molecule has 3 aromatic rings. The van der Waals surface area contributed by atoms with Gasteiger partial charge >= 0.3 is 6.18 Å². The highest BCUT2D eigenvalue weighted by molar-refractivity contribution is 7.59. The van der Waals surface area contributed by atoms with E-state index in [4.69, 9.17) is 16.1 Å². The van der Waals surface area contributed by atoms with Gasteiger partial charge in [0.05, 0.1) is 28.4 Å². The molecule has 1 aromatic carbocycles. The van der Waals surface area contributed by atoms with Crippen LogP contribution < -0.4 is 4.90 Å². The van der Waals surface area contributed by atoms with Crippen LogP contribution in [0.15, 0.2) is 35.0 Å². The zero-order chi connectivity index (χ0) is 20.2. The Morgan fingerprint density at radius 2 is 2.00 bits per heavy atom. The number of rotatable bonds is 2. The van der Waals surface area contributed by atoms with Crippen LogP contribution in [0.5, 0.6) is 0 Å². The molecular weight excluding hydrogens is 429 g/mol. The average molecular weight is 445 g/mol. The second-order valence-electron chi connectivity index (χ2n) is 6.60. The fourth-order valence-corrected chi connectivity index (χ4v) is 3.55. The summed E-state index contributed by atoms with van der Waals surface area (Å²) in [6, 6.07) is 4.76. The predicted molar refractivity (Wildman–Crippen MR) is 106 cm³/mol. The van der Waals surface area contributed by atoms with Crippen LogP contribution in [-0.4, -0.2) is 27.4 Å². The highest BCUT2D eigenvalue weighted by atomic mass is 35.5. The summed E-state index contributed by atoms with van der Waals surface area (Å²) in [6.07, 6.45) is -3.03. The van der Waals surface area contributed by atoms with Gasteiger partial charge in [-0.2, -0.15) is 31.8 Å². The van der Waals surface area contributed by atoms with E-state index in [-0.39, 0.29) is 31.8 Å². The zero-order valence-corrected chi connectivity index (χ0v) is 17.0. The number of alkyl halides is 3. The molecule has 29 heavy (non-hydrogen) atoms. The summed E-state index contributed by atoms with van der Waals surface area (Å²) in [5, 5.41) is 7.75. The summed E-state index contributed by atoms with van der Waals surface area (Å²) < 4.78 is 45.6. The summed E-state index contributed by atoms with van der Waals surface area (Å²) >= 11 is 5.83. The molecule has 0 radical (unpaired) electrons. The standard InChI is InChI=1S/C18H14ClF3N4O2.H2S/c1-9-8-25(11-3-4-13(14(19)6-11)18(20,21)22)17(27)16-12(7-23-26(9)16)15-5-10(2)28-24-15;/h3-7,9H,8H2,1-2H3;1H2/t9-;/m0./s1. The quantitative estimate of drug-likeness (QED) is 0.566. The fourth-order valence-electron chi connectivity index (χ4n) is 3.27. The molecule has 1 aliphatic rings. The lowest BCUT2D eigenvalue weighted by Gasteiger charge is -2.32. The molecule has 0 saturated carbocycles. The van der Waals surface area contributed by atoms with E-state index in [1.165, 1.54) is 17.2 Å². The Morgan fingerprint density at radius 3 is 2.59 bits per heavy atom. The molecule has 0 spiro atoms. The van der Waals surface area contributed by atoms with E-state index < -0.39 is 22.7 Å². The number of hydrogen-bond acceptors (Lipinski definition) is 4. The first-order valence-electron chi connectivity index (χ1n) is 8.36. The molecule has 3 heterocycles. The Morgan fingerprint density at radius 1 is 1.28 bits per heavy atom. The average Bonchev–Trinajstić information content (AvgIpc) is 3.23. The molecule has 0 aliphatic carbocycles. The van der Waals surface area contributed by atoms with E-state index in [0.717, 1.165) is 12.1 Å². The highest BCUT2D eigenvalue weighted by Gasteiger charge is 2.36. The minimum atomic E-state index is -4.56. The smallest absolute Gasteiger partial charge is 0.361 e. The van der Waals surface area contributed by atoms with Gasteiger partial charge in [0.25, 0.3) is 5.91 Å². The first-order valence-corrected chi connectivity index (χ1v) is 8.74. The molecule has 1 aliphatic heterocycles. The van der Waals surface area contributed by atoms with Crippen LogP contribution >= 0.6 is 25.1 Å². The van der Waals surface area contributed by atoms with Crippen molar-refractivity contribution in [3.8, 4) is 11.3 Å². The van der Waals surface area contributed by atoms with E-state index in [2.05, 4.69) is 10.3 Å². The third-order valence-corrected chi connectivity index (χ3v) is 4.89. The van der Waals surface area contributed by atoms with E-state index >= 15 is 0 Å². The van der Waals surface area contributed by atoms with Crippen LogP contribution in [0.2, 0.25) is 5.02 Å². The Hall–Kier alpha value is -2.46. The summed E-state index contributed by atoms with van der Waals surface area (Å²) in [4.78, 5) is 14.6. The maximum Gasteiger partial charge on any atom is 0.417 e. The van der Waals surface area contributed by atoms with Gasteiger partial charge in [-0.15, -0.1) is 0 Å². The molecule has 11 heteroatoms. The third kappa shape index (κ3) is 3.62. The number of anilines is 1. The second-order valence-corrected chi connectivity index (χ2v) is 7.01. The van der Waals surface area contributed by atoms with Gasteiger partial charge in [-0.1, -0.05) is 16.8 Å². The van der Waals surface area contributed by atoms with Crippen LogP contribution in [0.3, 0.4) is 0 Å². The normalized spacial score (nSPS) is 16.6. The van der Waals surface area contributed by atoms with Gasteiger partial charge in [0.15, 0.2) is 0 Å². The van der Waals surface area contributed by atoms with Crippen LogP contribution in [-0.2, 0) is 6.18 Å². The monoisotopic (exact) mass is 444 g/mol. The summed E-state index contributed by atoms with van der Waals surface area (Å²) in [5.41, 5.74) is 0.592. The van der Waals surface area contributed by atoms with E-state index in [9.17, 15) is 18.0 Å². The van der Waals surface area contributed by atoms with Crippen molar-refractivity contribution in [3.05, 3.63) is 52.5 Å². The zero-order valence-electron chi connectivity index (χ0n) is 15.3. The summed E-state index contributed by atoms with van der Waals surface area (Å²) in [6.45, 7) is 3.83. The molecule has 0 unspecified atom stereocenters. The molecule has 1 amide bonds. The van der Waals surface area contributed by atoms with Crippen molar-refractivity contribution in [1.29, 1.82) is 0 Å². The number of halogens is 4. The molecule has 4 rings (SSSR count). The lowest BCUT2D eigenvalue weighted by molar-refractivity contribution is -0.137. The van der Waals surface area contributed by atoms with E-state index in [1.54, 1.807) is 17.7 Å². The lowest BCUT2D eigenvalue weighted by atomic mass is 10.1. The number of nitrogens with zero attached hydrogens (tertiary/aromatic N) is 4. The van der Waals surface area contributed by atoms with Crippen LogP contribution in [0.1, 0.15) is 34.8 Å². The summed E-state index contributed by atoms with van der Waals surface area (Å²) in [5.74, 6) is 0.180. The van der Waals surface area contributed by atoms with Crippen molar-refractivity contribution in [2.24, 2.45) is 0 Å². The highest BCUT2D eigenvalue weighted by Crippen LogP contribution is 2.38.